The van der Waals surface area contributed by atoms with Crippen molar-refractivity contribution in [1.29, 1.82) is 0 Å². The summed E-state index contributed by atoms with van der Waals surface area (Å²) in [5, 5.41) is 8.24. The zero-order chi connectivity index (χ0) is 18.4. The molecule has 2 aliphatic rings. The van der Waals surface area contributed by atoms with Crippen molar-refractivity contribution in [3.8, 4) is 0 Å². The van der Waals surface area contributed by atoms with E-state index in [1.54, 1.807) is 25.3 Å². The maximum Gasteiger partial charge on any atom is 0.337 e. The Morgan fingerprint density at radius 1 is 1.58 bits per heavy atom. The number of carbonyl (C=O) groups is 1. The second-order valence-corrected chi connectivity index (χ2v) is 7.58. The van der Waals surface area contributed by atoms with Crippen LogP contribution in [0.5, 0.6) is 0 Å². The van der Waals surface area contributed by atoms with Gasteiger partial charge >= 0.3 is 5.97 Å². The van der Waals surface area contributed by atoms with E-state index in [1.165, 1.54) is 4.68 Å². The molecule has 1 N–H and O–H groups in total. The van der Waals surface area contributed by atoms with Gasteiger partial charge in [0.2, 0.25) is 0 Å². The predicted molar refractivity (Wildman–Crippen MR) is 102 cm³/mol. The molecule has 0 bridgehead atoms. The zero-order valence-electron chi connectivity index (χ0n) is 14.1. The number of nitrogens with zero attached hydrogens (tertiary/aromatic N) is 3. The molecular weight excluding hydrogens is 423 g/mol. The van der Waals surface area contributed by atoms with Gasteiger partial charge in [0.05, 0.1) is 16.8 Å². The van der Waals surface area contributed by atoms with Crippen LogP contribution in [-0.4, -0.2) is 39.3 Å². The van der Waals surface area contributed by atoms with Crippen molar-refractivity contribution in [2.75, 3.05) is 13.2 Å². The van der Waals surface area contributed by atoms with E-state index in [2.05, 4.69) is 43.9 Å². The summed E-state index contributed by atoms with van der Waals surface area (Å²) in [6.07, 6.45) is 3.54. The van der Waals surface area contributed by atoms with Crippen molar-refractivity contribution < 1.29 is 13.9 Å². The van der Waals surface area contributed by atoms with Gasteiger partial charge in [-0.05, 0) is 47.8 Å². The molecule has 0 aliphatic carbocycles. The van der Waals surface area contributed by atoms with Gasteiger partial charge in [0, 0.05) is 23.8 Å². The summed E-state index contributed by atoms with van der Waals surface area (Å²) in [6.45, 7) is 2.90. The van der Waals surface area contributed by atoms with Crippen molar-refractivity contribution in [2.24, 2.45) is 0 Å². The average molecular weight is 441 g/mol. The number of carbonyl (C=O) groups excluding carboxylic acids is 1. The first kappa shape index (κ1) is 17.7. The van der Waals surface area contributed by atoms with Gasteiger partial charge in [-0.15, -0.1) is 12.6 Å². The summed E-state index contributed by atoms with van der Waals surface area (Å²) in [5.74, 6) is -0.875. The third kappa shape index (κ3) is 2.77. The molecule has 3 heterocycles. The number of hydrogen-bond donors (Lipinski definition) is 2. The SMILES string of the molecule is CCOC(=O)C(C1=C2CCCN2C(S)N1)n1cc2ccc(Br)c(F)c2n1. The number of benzene rings is 1. The summed E-state index contributed by atoms with van der Waals surface area (Å²) < 4.78 is 21.5. The van der Waals surface area contributed by atoms with Crippen molar-refractivity contribution >= 4 is 45.4 Å². The Morgan fingerprint density at radius 2 is 2.38 bits per heavy atom. The number of rotatable bonds is 4. The molecule has 0 saturated carbocycles. The number of esters is 1. The van der Waals surface area contributed by atoms with E-state index in [4.69, 9.17) is 4.74 Å². The Labute approximate surface area is 163 Å². The Morgan fingerprint density at radius 3 is 3.15 bits per heavy atom. The number of ether oxygens (including phenoxy) is 1. The summed E-state index contributed by atoms with van der Waals surface area (Å²) >= 11 is 7.73. The van der Waals surface area contributed by atoms with Crippen LogP contribution in [0.3, 0.4) is 0 Å². The van der Waals surface area contributed by atoms with Crippen molar-refractivity contribution in [1.82, 2.24) is 20.0 Å². The number of thiol groups is 1. The lowest BCUT2D eigenvalue weighted by Crippen LogP contribution is -2.34. The second kappa shape index (κ2) is 6.77. The average Bonchev–Trinajstić information content (AvgIpc) is 3.30. The lowest BCUT2D eigenvalue weighted by Gasteiger charge is -2.20. The third-order valence-corrected chi connectivity index (χ3v) is 5.71. The molecule has 1 aromatic carbocycles. The van der Waals surface area contributed by atoms with Crippen LogP contribution < -0.4 is 5.32 Å². The molecule has 0 radical (unpaired) electrons. The summed E-state index contributed by atoms with van der Waals surface area (Å²) in [6, 6.07) is 2.59. The fourth-order valence-corrected chi connectivity index (χ4v) is 4.26. The number of halogens is 2. The minimum absolute atomic E-state index is 0.185. The van der Waals surface area contributed by atoms with Gasteiger partial charge in [-0.1, -0.05) is 0 Å². The standard InChI is InChI=1S/C17H18BrFN4O2S/c1-2-25-16(24)15(14-11-4-3-7-22(11)17(26)20-14)23-8-9-5-6-10(18)12(19)13(9)21-23/h5-6,8,15,17,20,26H,2-4,7H2,1H3. The van der Waals surface area contributed by atoms with Gasteiger partial charge in [0.1, 0.15) is 11.0 Å². The topological polar surface area (TPSA) is 59.4 Å². The highest BCUT2D eigenvalue weighted by Crippen LogP contribution is 2.37. The van der Waals surface area contributed by atoms with E-state index in [9.17, 15) is 9.18 Å². The molecule has 4 rings (SSSR count). The number of allylic oxidation sites excluding steroid dienone is 1. The number of fused-ring (bicyclic) bond motifs is 2. The van der Waals surface area contributed by atoms with Gasteiger partial charge < -0.3 is 15.0 Å². The molecule has 1 saturated heterocycles. The molecule has 138 valence electrons. The molecule has 6 nitrogen and oxygen atoms in total. The Kier molecular flexibility index (Phi) is 4.60. The minimum Gasteiger partial charge on any atom is -0.464 e. The molecule has 1 fully saturated rings. The van der Waals surface area contributed by atoms with E-state index < -0.39 is 17.8 Å². The van der Waals surface area contributed by atoms with E-state index >= 15 is 0 Å². The van der Waals surface area contributed by atoms with Crippen LogP contribution in [0.15, 0.2) is 34.2 Å². The number of aromatic nitrogens is 2. The molecule has 2 atom stereocenters. The zero-order valence-corrected chi connectivity index (χ0v) is 16.6. The molecule has 0 spiro atoms. The van der Waals surface area contributed by atoms with Crippen molar-refractivity contribution in [2.45, 2.75) is 31.3 Å². The first-order chi connectivity index (χ1) is 12.5. The first-order valence-electron chi connectivity index (χ1n) is 8.45. The van der Waals surface area contributed by atoms with Crippen LogP contribution in [0.1, 0.15) is 25.8 Å². The molecule has 0 amide bonds. The van der Waals surface area contributed by atoms with Crippen molar-refractivity contribution in [3.63, 3.8) is 0 Å². The molecular formula is C17H18BrFN4O2S. The van der Waals surface area contributed by atoms with Crippen LogP contribution in [0.4, 0.5) is 4.39 Å². The van der Waals surface area contributed by atoms with Gasteiger partial charge in [-0.2, -0.15) is 5.10 Å². The van der Waals surface area contributed by atoms with Crippen LogP contribution in [0, 0.1) is 5.82 Å². The van der Waals surface area contributed by atoms with Crippen LogP contribution in [-0.2, 0) is 9.53 Å². The number of hydrogen-bond acceptors (Lipinski definition) is 6. The van der Waals surface area contributed by atoms with Gasteiger partial charge in [-0.25, -0.2) is 9.18 Å². The largest absolute Gasteiger partial charge is 0.464 e. The smallest absolute Gasteiger partial charge is 0.337 e. The molecule has 26 heavy (non-hydrogen) atoms. The van der Waals surface area contributed by atoms with E-state index in [0.717, 1.165) is 30.8 Å². The van der Waals surface area contributed by atoms with Gasteiger partial charge in [0.25, 0.3) is 0 Å². The lowest BCUT2D eigenvalue weighted by molar-refractivity contribution is -0.146. The molecule has 9 heteroatoms. The van der Waals surface area contributed by atoms with E-state index in [0.29, 0.717) is 9.86 Å². The van der Waals surface area contributed by atoms with E-state index in [1.807, 2.05) is 0 Å². The summed E-state index contributed by atoms with van der Waals surface area (Å²) in [7, 11) is 0. The normalized spacial score (nSPS) is 20.5. The molecule has 2 aromatic rings. The van der Waals surface area contributed by atoms with Gasteiger partial charge in [-0.3, -0.25) is 4.68 Å². The Bertz CT molecular complexity index is 916. The maximum atomic E-state index is 14.4. The van der Waals surface area contributed by atoms with E-state index in [-0.39, 0.29) is 17.6 Å². The highest BCUT2D eigenvalue weighted by Gasteiger charge is 2.40. The summed E-state index contributed by atoms with van der Waals surface area (Å²) in [4.78, 5) is 14.9. The molecule has 1 aromatic heterocycles. The van der Waals surface area contributed by atoms with Crippen LogP contribution in [0.25, 0.3) is 10.9 Å². The highest BCUT2D eigenvalue weighted by molar-refractivity contribution is 9.10. The third-order valence-electron chi connectivity index (χ3n) is 4.68. The maximum absolute atomic E-state index is 14.4. The minimum atomic E-state index is -0.798. The fourth-order valence-electron chi connectivity index (χ4n) is 3.55. The number of nitrogens with one attached hydrogen (secondary N) is 1. The Balaban J connectivity index is 1.83. The molecule has 2 aliphatic heterocycles. The van der Waals surface area contributed by atoms with Crippen LogP contribution >= 0.6 is 28.6 Å². The fraction of sp³-hybridized carbons (Fsp3) is 0.412. The lowest BCUT2D eigenvalue weighted by atomic mass is 10.1. The highest BCUT2D eigenvalue weighted by atomic mass is 79.9. The summed E-state index contributed by atoms with van der Waals surface area (Å²) in [5.41, 5.74) is 1.80. The van der Waals surface area contributed by atoms with Crippen molar-refractivity contribution in [3.05, 3.63) is 40.0 Å². The monoisotopic (exact) mass is 440 g/mol. The quantitative estimate of drug-likeness (QED) is 0.564. The first-order valence-corrected chi connectivity index (χ1v) is 9.76. The van der Waals surface area contributed by atoms with Gasteiger partial charge in [0.15, 0.2) is 11.9 Å². The second-order valence-electron chi connectivity index (χ2n) is 6.24. The predicted octanol–water partition coefficient (Wildman–Crippen LogP) is 3.17. The molecule has 2 unspecified atom stereocenters. The Hall–Kier alpha value is -1.74. The van der Waals surface area contributed by atoms with Crippen LogP contribution in [0.2, 0.25) is 0 Å².